The van der Waals surface area contributed by atoms with Gasteiger partial charge in [0.05, 0.1) is 0 Å². The van der Waals surface area contributed by atoms with Crippen LogP contribution in [0.15, 0.2) is 60.7 Å². The molecule has 1 aliphatic heterocycles. The topological polar surface area (TPSA) is 12.5 Å². The van der Waals surface area contributed by atoms with Crippen molar-refractivity contribution in [2.75, 3.05) is 0 Å². The highest BCUT2D eigenvalue weighted by Gasteiger charge is 2.60. The van der Waals surface area contributed by atoms with Gasteiger partial charge in [0.2, 0.25) is 0 Å². The summed E-state index contributed by atoms with van der Waals surface area (Å²) in [6.07, 6.45) is 0.253. The SMILES string of the molecule is CC12OC1c1cccc3cc4c(ccc5ccccc54)c2c13. The van der Waals surface area contributed by atoms with Crippen molar-refractivity contribution < 1.29 is 4.74 Å². The normalized spacial score (nSPS) is 25.0. The molecule has 0 N–H and O–H groups in total. The maximum Gasteiger partial charge on any atom is 0.123 e. The van der Waals surface area contributed by atoms with E-state index in [1.807, 2.05) is 0 Å². The lowest BCUT2D eigenvalue weighted by Gasteiger charge is -2.14. The van der Waals surface area contributed by atoms with Crippen LogP contribution in [0.1, 0.15) is 24.2 Å². The zero-order valence-electron chi connectivity index (χ0n) is 12.3. The molecule has 4 aromatic carbocycles. The van der Waals surface area contributed by atoms with E-state index in [0.717, 1.165) is 0 Å². The van der Waals surface area contributed by atoms with Gasteiger partial charge in [-0.05, 0) is 50.9 Å². The van der Waals surface area contributed by atoms with Crippen LogP contribution in [0.3, 0.4) is 0 Å². The highest BCUT2D eigenvalue weighted by Crippen LogP contribution is 2.66. The lowest BCUT2D eigenvalue weighted by Crippen LogP contribution is -2.01. The van der Waals surface area contributed by atoms with Crippen LogP contribution in [0.4, 0.5) is 0 Å². The maximum absolute atomic E-state index is 6.08. The van der Waals surface area contributed by atoms with E-state index < -0.39 is 0 Å². The molecule has 2 atom stereocenters. The van der Waals surface area contributed by atoms with Crippen LogP contribution in [0.5, 0.6) is 0 Å². The molecule has 2 aliphatic rings. The molecule has 0 spiro atoms. The standard InChI is InChI=1S/C21H14O/c1-21-19-15-10-9-12-5-2-3-7-14(12)17(15)11-13-6-4-8-16(18(13)19)20(21)22-21/h2-11,20H,1H3. The molecule has 0 bridgehead atoms. The average Bonchev–Trinajstić information content (AvgIpc) is 3.17. The predicted octanol–water partition coefficient (Wildman–Crippen LogP) is 5.45. The molecular weight excluding hydrogens is 268 g/mol. The fourth-order valence-electron chi connectivity index (χ4n) is 4.45. The van der Waals surface area contributed by atoms with Gasteiger partial charge in [-0.2, -0.15) is 0 Å². The van der Waals surface area contributed by atoms with Crippen molar-refractivity contribution in [2.24, 2.45) is 0 Å². The molecule has 6 rings (SSSR count). The Bertz CT molecular complexity index is 1120. The molecule has 1 saturated heterocycles. The van der Waals surface area contributed by atoms with E-state index in [9.17, 15) is 0 Å². The summed E-state index contributed by atoms with van der Waals surface area (Å²) >= 11 is 0. The molecule has 1 nitrogen and oxygen atoms in total. The van der Waals surface area contributed by atoms with E-state index in [-0.39, 0.29) is 11.7 Å². The Kier molecular flexibility index (Phi) is 1.70. The molecule has 22 heavy (non-hydrogen) atoms. The van der Waals surface area contributed by atoms with Crippen molar-refractivity contribution in [2.45, 2.75) is 18.6 Å². The average molecular weight is 282 g/mol. The molecule has 1 heterocycles. The summed E-state index contributed by atoms with van der Waals surface area (Å²) in [5, 5.41) is 8.08. The first-order valence-electron chi connectivity index (χ1n) is 7.83. The Morgan fingerprint density at radius 1 is 0.818 bits per heavy atom. The highest BCUT2D eigenvalue weighted by atomic mass is 16.6. The highest BCUT2D eigenvalue weighted by molar-refractivity contribution is 6.16. The summed E-state index contributed by atoms with van der Waals surface area (Å²) < 4.78 is 6.08. The van der Waals surface area contributed by atoms with Gasteiger partial charge >= 0.3 is 0 Å². The Labute approximate surface area is 128 Å². The molecule has 1 fully saturated rings. The molecule has 104 valence electrons. The van der Waals surface area contributed by atoms with Gasteiger partial charge in [-0.15, -0.1) is 0 Å². The smallest absolute Gasteiger partial charge is 0.123 e. The van der Waals surface area contributed by atoms with Crippen LogP contribution in [0.2, 0.25) is 0 Å². The van der Waals surface area contributed by atoms with E-state index in [4.69, 9.17) is 4.74 Å². The number of epoxide rings is 1. The minimum Gasteiger partial charge on any atom is -0.356 e. The molecule has 0 aromatic heterocycles. The Morgan fingerprint density at radius 3 is 2.64 bits per heavy atom. The van der Waals surface area contributed by atoms with Gasteiger partial charge in [-0.3, -0.25) is 0 Å². The van der Waals surface area contributed by atoms with Crippen molar-refractivity contribution in [3.8, 4) is 0 Å². The summed E-state index contributed by atoms with van der Waals surface area (Å²) in [4.78, 5) is 0. The first-order chi connectivity index (χ1) is 10.8. The number of ether oxygens (including phenoxy) is 1. The van der Waals surface area contributed by atoms with Crippen LogP contribution < -0.4 is 0 Å². The molecule has 0 amide bonds. The molecular formula is C21H14O. The van der Waals surface area contributed by atoms with Gasteiger partial charge in [0.25, 0.3) is 0 Å². The third kappa shape index (κ3) is 1.10. The molecule has 0 saturated carbocycles. The Morgan fingerprint density at radius 2 is 1.68 bits per heavy atom. The number of benzene rings is 4. The van der Waals surface area contributed by atoms with Crippen molar-refractivity contribution >= 4 is 32.3 Å². The number of hydrogen-bond donors (Lipinski definition) is 0. The van der Waals surface area contributed by atoms with Crippen LogP contribution >= 0.6 is 0 Å². The van der Waals surface area contributed by atoms with Crippen molar-refractivity contribution in [3.05, 3.63) is 71.8 Å². The second-order valence-corrected chi connectivity index (χ2v) is 6.68. The van der Waals surface area contributed by atoms with E-state index in [1.54, 1.807) is 0 Å². The van der Waals surface area contributed by atoms with E-state index in [0.29, 0.717) is 0 Å². The zero-order valence-corrected chi connectivity index (χ0v) is 12.3. The van der Waals surface area contributed by atoms with Gasteiger partial charge < -0.3 is 4.74 Å². The van der Waals surface area contributed by atoms with Gasteiger partial charge in [0.15, 0.2) is 0 Å². The summed E-state index contributed by atoms with van der Waals surface area (Å²) in [6, 6.07) is 22.1. The van der Waals surface area contributed by atoms with Crippen molar-refractivity contribution in [1.29, 1.82) is 0 Å². The lowest BCUT2D eigenvalue weighted by atomic mass is 9.91. The zero-order chi connectivity index (χ0) is 14.5. The third-order valence-corrected chi connectivity index (χ3v) is 5.50. The van der Waals surface area contributed by atoms with E-state index in [1.165, 1.54) is 43.4 Å². The molecule has 1 heteroatoms. The van der Waals surface area contributed by atoms with Crippen LogP contribution in [0, 0.1) is 0 Å². The summed E-state index contributed by atoms with van der Waals surface area (Å²) in [5.41, 5.74) is 2.64. The number of hydrogen-bond acceptors (Lipinski definition) is 1. The predicted molar refractivity (Wildman–Crippen MR) is 90.1 cm³/mol. The van der Waals surface area contributed by atoms with Gasteiger partial charge in [0.1, 0.15) is 11.7 Å². The number of rotatable bonds is 0. The van der Waals surface area contributed by atoms with Crippen LogP contribution in [0.25, 0.3) is 32.3 Å². The van der Waals surface area contributed by atoms with Gasteiger partial charge in [0, 0.05) is 5.56 Å². The van der Waals surface area contributed by atoms with E-state index >= 15 is 0 Å². The summed E-state index contributed by atoms with van der Waals surface area (Å²) in [6.45, 7) is 2.24. The maximum atomic E-state index is 6.08. The number of fused-ring (bicyclic) bond motifs is 7. The first-order valence-corrected chi connectivity index (χ1v) is 7.83. The molecule has 0 radical (unpaired) electrons. The quantitative estimate of drug-likeness (QED) is 0.237. The minimum absolute atomic E-state index is 0.121. The molecule has 4 aromatic rings. The Hall–Kier alpha value is -2.38. The van der Waals surface area contributed by atoms with Gasteiger partial charge in [-0.1, -0.05) is 54.6 Å². The summed E-state index contributed by atoms with van der Waals surface area (Å²) in [7, 11) is 0. The van der Waals surface area contributed by atoms with Crippen LogP contribution in [-0.4, -0.2) is 0 Å². The van der Waals surface area contributed by atoms with Crippen molar-refractivity contribution in [1.82, 2.24) is 0 Å². The monoisotopic (exact) mass is 282 g/mol. The second-order valence-electron chi connectivity index (χ2n) is 6.68. The summed E-state index contributed by atoms with van der Waals surface area (Å²) in [5.74, 6) is 0. The minimum atomic E-state index is -0.121. The molecule has 2 unspecified atom stereocenters. The van der Waals surface area contributed by atoms with Gasteiger partial charge in [-0.25, -0.2) is 0 Å². The third-order valence-electron chi connectivity index (χ3n) is 5.50. The molecule has 1 aliphatic carbocycles. The lowest BCUT2D eigenvalue weighted by molar-refractivity contribution is 0.312. The van der Waals surface area contributed by atoms with E-state index in [2.05, 4.69) is 67.6 Å². The van der Waals surface area contributed by atoms with Crippen molar-refractivity contribution in [3.63, 3.8) is 0 Å². The fourth-order valence-corrected chi connectivity index (χ4v) is 4.45. The Balaban J connectivity index is 1.94. The van der Waals surface area contributed by atoms with Crippen LogP contribution in [-0.2, 0) is 10.3 Å². The largest absolute Gasteiger partial charge is 0.356 e. The first kappa shape index (κ1) is 11.2. The fraction of sp³-hybridized carbons (Fsp3) is 0.143. The second kappa shape index (κ2) is 3.34.